The maximum Gasteiger partial charge on any atom is 0.324 e. The highest BCUT2D eigenvalue weighted by atomic mass is 31.2. The summed E-state index contributed by atoms with van der Waals surface area (Å²) in [6, 6.07) is 9.67. The molecule has 15 N–H and O–H groups in total. The number of hydrogen-bond acceptors (Lipinski definition) is 15. The summed E-state index contributed by atoms with van der Waals surface area (Å²) in [6.45, 7) is 27.6. The number of phenols is 6. The molecule has 0 saturated heterocycles. The van der Waals surface area contributed by atoms with Crippen molar-refractivity contribution in [1.29, 1.82) is 0 Å². The molecule has 0 aliphatic heterocycles. The third-order valence-electron chi connectivity index (χ3n) is 6.87. The molecular weight excluding hydrogens is 777 g/mol. The van der Waals surface area contributed by atoms with E-state index in [9.17, 15) is 30.6 Å². The van der Waals surface area contributed by atoms with Crippen molar-refractivity contribution in [3.63, 3.8) is 0 Å². The van der Waals surface area contributed by atoms with Crippen LogP contribution < -0.4 is 0 Å². The van der Waals surface area contributed by atoms with E-state index in [1.807, 2.05) is 62.3 Å². The van der Waals surface area contributed by atoms with Crippen molar-refractivity contribution < 1.29 is 74.7 Å². The van der Waals surface area contributed by atoms with Crippen molar-refractivity contribution in [1.82, 2.24) is 0 Å². The summed E-state index contributed by atoms with van der Waals surface area (Å²) < 4.78 is 0. The molecule has 3 aromatic carbocycles. The first-order chi connectivity index (χ1) is 24.6. The summed E-state index contributed by atoms with van der Waals surface area (Å²) in [5, 5.41) is 57.4. The lowest BCUT2D eigenvalue weighted by molar-refractivity contribution is 0.366. The molecule has 0 atom stereocenters. The van der Waals surface area contributed by atoms with Gasteiger partial charge in [0.25, 0.3) is 0 Å². The molecule has 55 heavy (non-hydrogen) atoms. The summed E-state index contributed by atoms with van der Waals surface area (Å²) in [7, 11) is -7.86. The Balaban J connectivity index is -0.000000297. The van der Waals surface area contributed by atoms with E-state index in [0.29, 0.717) is 16.7 Å². The van der Waals surface area contributed by atoms with E-state index in [1.54, 1.807) is 57.2 Å². The van der Waals surface area contributed by atoms with Gasteiger partial charge in [0.2, 0.25) is 0 Å². The molecule has 0 saturated carbocycles. The summed E-state index contributed by atoms with van der Waals surface area (Å²) in [4.78, 5) is 65.1. The Morgan fingerprint density at radius 1 is 0.345 bits per heavy atom. The van der Waals surface area contributed by atoms with Crippen LogP contribution in [0, 0.1) is 20.8 Å². The van der Waals surface area contributed by atoms with Crippen LogP contribution in [-0.2, 0) is 16.2 Å². The van der Waals surface area contributed by atoms with Crippen LogP contribution in [0.5, 0.6) is 34.5 Å². The molecule has 0 aliphatic rings. The van der Waals surface area contributed by atoms with Gasteiger partial charge in [-0.1, -0.05) is 89.0 Å². The maximum absolute atomic E-state index is 9.64. The Labute approximate surface area is 330 Å². The van der Waals surface area contributed by atoms with Gasteiger partial charge in [-0.25, -0.2) is 0 Å². The molecule has 0 bridgehead atoms. The van der Waals surface area contributed by atoms with Crippen molar-refractivity contribution in [3.8, 4) is 34.5 Å². The van der Waals surface area contributed by atoms with E-state index >= 15 is 0 Å². The average Bonchev–Trinajstić information content (AvgIpc) is 2.97. The van der Waals surface area contributed by atoms with Gasteiger partial charge >= 0.3 is 25.8 Å². The van der Waals surface area contributed by atoms with Gasteiger partial charge in [-0.15, -0.1) is 0 Å². The fourth-order valence-electron chi connectivity index (χ4n) is 3.85. The highest BCUT2D eigenvalue weighted by Crippen LogP contribution is 2.37. The second-order valence-electron chi connectivity index (χ2n) is 15.0. The smallest absolute Gasteiger partial charge is 0.324 e. The molecule has 0 heterocycles. The predicted octanol–water partition coefficient (Wildman–Crippen LogP) is 7.49. The van der Waals surface area contributed by atoms with Crippen molar-refractivity contribution in [2.45, 2.75) is 126 Å². The van der Waals surface area contributed by atoms with Gasteiger partial charge in [0, 0.05) is 16.7 Å². The zero-order valence-corrected chi connectivity index (χ0v) is 37.1. The van der Waals surface area contributed by atoms with Crippen molar-refractivity contribution in [2.75, 3.05) is 0 Å². The molecule has 0 fully saturated rings. The Morgan fingerprint density at radius 2 is 0.491 bits per heavy atom. The Bertz CT molecular complexity index is 1310. The Kier molecular flexibility index (Phi) is 30.0. The predicted molar refractivity (Wildman–Crippen MR) is 221 cm³/mol. The maximum atomic E-state index is 9.64. The minimum Gasteiger partial charge on any atom is -0.508 e. The van der Waals surface area contributed by atoms with Gasteiger partial charge < -0.3 is 74.7 Å². The van der Waals surface area contributed by atoms with Crippen LogP contribution in [0.2, 0.25) is 0 Å². The van der Waals surface area contributed by atoms with Crippen molar-refractivity contribution >= 4 is 25.8 Å². The fourth-order valence-corrected chi connectivity index (χ4v) is 3.85. The molecule has 0 aromatic heterocycles. The minimum atomic E-state index is -2.62. The molecule has 0 spiro atoms. The number of unbranched alkanes of at least 4 members (excludes halogenated alkanes) is 1. The number of rotatable bonds is 1. The van der Waals surface area contributed by atoms with Crippen molar-refractivity contribution in [3.05, 3.63) is 69.8 Å². The lowest BCUT2D eigenvalue weighted by atomic mass is 9.85. The molecule has 0 aliphatic carbocycles. The number of phenolic OH excluding ortho intramolecular Hbond substituents is 6. The van der Waals surface area contributed by atoms with Crippen LogP contribution in [-0.4, -0.2) is 74.7 Å². The van der Waals surface area contributed by atoms with Crippen LogP contribution >= 0.6 is 25.8 Å². The van der Waals surface area contributed by atoms with Gasteiger partial charge in [0.05, 0.1) is 0 Å². The first kappa shape index (κ1) is 59.1. The van der Waals surface area contributed by atoms with Gasteiger partial charge in [0.1, 0.15) is 34.5 Å². The first-order valence-corrected chi connectivity index (χ1v) is 20.4. The third kappa shape index (κ3) is 30.2. The molecule has 0 radical (unpaired) electrons. The fraction of sp³-hybridized carbons (Fsp3) is 0.514. The second-order valence-corrected chi connectivity index (χ2v) is 16.6. The van der Waals surface area contributed by atoms with E-state index in [1.165, 1.54) is 12.8 Å². The van der Waals surface area contributed by atoms with E-state index in [-0.39, 0.29) is 50.7 Å². The van der Waals surface area contributed by atoms with E-state index < -0.39 is 25.8 Å². The summed E-state index contributed by atoms with van der Waals surface area (Å²) >= 11 is 0. The summed E-state index contributed by atoms with van der Waals surface area (Å²) in [5.41, 5.74) is 3.99. The normalized spacial score (nSPS) is 10.8. The molecule has 3 rings (SSSR count). The Morgan fingerprint density at radius 3 is 0.600 bits per heavy atom. The van der Waals surface area contributed by atoms with E-state index in [0.717, 1.165) is 16.7 Å². The van der Waals surface area contributed by atoms with Gasteiger partial charge in [0.15, 0.2) is 0 Å². The average molecular weight is 845 g/mol. The number of benzene rings is 3. The zero-order chi connectivity index (χ0) is 44.8. The van der Waals surface area contributed by atoms with Crippen LogP contribution in [0.4, 0.5) is 0 Å². The van der Waals surface area contributed by atoms with Crippen LogP contribution in [0.15, 0.2) is 36.4 Å². The summed E-state index contributed by atoms with van der Waals surface area (Å²) in [6.07, 6.45) is 2.64. The quantitative estimate of drug-likeness (QED) is 0.0834. The largest absolute Gasteiger partial charge is 0.508 e. The third-order valence-corrected chi connectivity index (χ3v) is 6.87. The summed E-state index contributed by atoms with van der Waals surface area (Å²) in [5.74, 6) is 1.47. The van der Waals surface area contributed by atoms with Crippen LogP contribution in [0.3, 0.4) is 0 Å². The number of aryl methyl sites for hydroxylation is 3. The zero-order valence-electron chi connectivity index (χ0n) is 34.4. The molecular formula is C37H67O15P3. The molecule has 15 nitrogen and oxygen atoms in total. The Hall–Kier alpha value is -2.61. The van der Waals surface area contributed by atoms with Gasteiger partial charge in [-0.2, -0.15) is 0 Å². The molecule has 3 aromatic rings. The highest BCUT2D eigenvalue weighted by molar-refractivity contribution is 7.38. The van der Waals surface area contributed by atoms with Gasteiger partial charge in [-0.3, -0.25) is 0 Å². The van der Waals surface area contributed by atoms with E-state index in [2.05, 4.69) is 13.8 Å². The molecule has 0 unspecified atom stereocenters. The highest BCUT2D eigenvalue weighted by Gasteiger charge is 2.21. The monoisotopic (exact) mass is 844 g/mol. The second kappa shape index (κ2) is 27.9. The van der Waals surface area contributed by atoms with Gasteiger partial charge in [-0.05, 0) is 90.1 Å². The minimum absolute atomic E-state index is 0.144. The first-order valence-electron chi connectivity index (χ1n) is 16.8. The van der Waals surface area contributed by atoms with Crippen LogP contribution in [0.1, 0.15) is 122 Å². The lowest BCUT2D eigenvalue weighted by Gasteiger charge is -2.21. The topological polar surface area (TPSA) is 303 Å². The molecule has 0 amide bonds. The molecule has 320 valence electrons. The number of aromatic hydroxyl groups is 6. The van der Waals surface area contributed by atoms with E-state index in [4.69, 9.17) is 44.0 Å². The van der Waals surface area contributed by atoms with Crippen molar-refractivity contribution in [2.24, 2.45) is 0 Å². The van der Waals surface area contributed by atoms with Crippen LogP contribution in [0.25, 0.3) is 0 Å². The molecule has 18 heteroatoms. The number of hydrogen-bond donors (Lipinski definition) is 15. The SMILES string of the molecule is CCCC.Cc1cc(O)c(C(C)(C)C)cc1O.Cc1cc(O)c(C(C)(C)C)cc1O.Cc1cc(O)c(C(C)(C)C)cc1O.OP(O)O.OP(O)O.OP(O)O. The lowest BCUT2D eigenvalue weighted by Crippen LogP contribution is -2.11. The standard InChI is InChI=1S/3C11H16O2.C4H10.3H3O3P/c3*1-7-5-10(13)8(6-9(7)12)11(2,3)4;1-3-4-2;3*1-4(2)3/h3*5-6,12-13H,1-4H3;3-4H2,1-2H3;3*1-3H.